The summed E-state index contributed by atoms with van der Waals surface area (Å²) in [5.41, 5.74) is -0.109. The number of hydrogen-bond donors (Lipinski definition) is 2. The minimum atomic E-state index is -0.109. The van der Waals surface area contributed by atoms with Crippen molar-refractivity contribution in [3.63, 3.8) is 0 Å². The fourth-order valence-electron chi connectivity index (χ4n) is 4.94. The number of carbonyl (C=O) groups excluding carboxylic acids is 1. The van der Waals surface area contributed by atoms with E-state index in [2.05, 4.69) is 29.4 Å². The largest absolute Gasteiger partial charge is 0.352 e. The van der Waals surface area contributed by atoms with E-state index in [-0.39, 0.29) is 11.5 Å². The van der Waals surface area contributed by atoms with E-state index in [0.717, 1.165) is 32.0 Å². The summed E-state index contributed by atoms with van der Waals surface area (Å²) < 4.78 is 0. The van der Waals surface area contributed by atoms with Crippen LogP contribution in [0.1, 0.15) is 52.4 Å². The molecule has 2 saturated heterocycles. The summed E-state index contributed by atoms with van der Waals surface area (Å²) >= 11 is 0. The molecule has 3 fully saturated rings. The Bertz CT molecular complexity index is 400. The molecule has 0 aromatic rings. The van der Waals surface area contributed by atoms with E-state index >= 15 is 0 Å². The summed E-state index contributed by atoms with van der Waals surface area (Å²) in [6.07, 6.45) is 7.46. The highest BCUT2D eigenvalue weighted by molar-refractivity contribution is 5.84. The van der Waals surface area contributed by atoms with Crippen LogP contribution >= 0.6 is 0 Å². The molecule has 2 N–H and O–H groups in total. The second-order valence-corrected chi connectivity index (χ2v) is 8.11. The van der Waals surface area contributed by atoms with Crippen molar-refractivity contribution in [1.82, 2.24) is 15.5 Å². The molecule has 0 radical (unpaired) electrons. The topological polar surface area (TPSA) is 44.4 Å². The van der Waals surface area contributed by atoms with Crippen LogP contribution in [-0.4, -0.2) is 49.6 Å². The minimum Gasteiger partial charge on any atom is -0.352 e. The van der Waals surface area contributed by atoms with Crippen LogP contribution in [0.3, 0.4) is 0 Å². The first-order valence-corrected chi connectivity index (χ1v) is 9.34. The van der Waals surface area contributed by atoms with Gasteiger partial charge in [0.05, 0.1) is 5.41 Å². The molecule has 0 aromatic heterocycles. The van der Waals surface area contributed by atoms with Gasteiger partial charge in [0.25, 0.3) is 0 Å². The standard InChI is InChI=1S/C18H33N3O/c1-14-6-5-9-21(11-14)12-15(2)20-17(22)18-8-4-3-7-16(18)10-19-13-18/h14-16,19H,3-13H2,1-2H3,(H,20,22)/t14?,15?,16-,18+/m0/s1. The van der Waals surface area contributed by atoms with Gasteiger partial charge in [-0.1, -0.05) is 19.8 Å². The van der Waals surface area contributed by atoms with Gasteiger partial charge in [-0.15, -0.1) is 0 Å². The third-order valence-electron chi connectivity index (χ3n) is 6.14. The van der Waals surface area contributed by atoms with Crippen molar-refractivity contribution >= 4 is 5.91 Å². The Morgan fingerprint density at radius 2 is 2.23 bits per heavy atom. The molecule has 0 bridgehead atoms. The molecule has 4 nitrogen and oxygen atoms in total. The van der Waals surface area contributed by atoms with E-state index in [1.807, 2.05) is 0 Å². The van der Waals surface area contributed by atoms with Crippen molar-refractivity contribution in [3.05, 3.63) is 0 Å². The monoisotopic (exact) mass is 307 g/mol. The van der Waals surface area contributed by atoms with Crippen molar-refractivity contribution in [2.75, 3.05) is 32.7 Å². The normalized spacial score (nSPS) is 37.5. The number of carbonyl (C=O) groups is 1. The molecule has 0 spiro atoms. The van der Waals surface area contributed by atoms with Crippen molar-refractivity contribution < 1.29 is 4.79 Å². The lowest BCUT2D eigenvalue weighted by Crippen LogP contribution is -2.53. The number of fused-ring (bicyclic) bond motifs is 1. The highest BCUT2D eigenvalue weighted by Gasteiger charge is 2.49. The van der Waals surface area contributed by atoms with E-state index in [4.69, 9.17) is 0 Å². The Morgan fingerprint density at radius 1 is 1.36 bits per heavy atom. The second kappa shape index (κ2) is 6.88. The van der Waals surface area contributed by atoms with Gasteiger partial charge in [-0.05, 0) is 57.5 Å². The summed E-state index contributed by atoms with van der Waals surface area (Å²) in [5.74, 6) is 1.68. The van der Waals surface area contributed by atoms with Crippen LogP contribution in [-0.2, 0) is 4.79 Å². The molecule has 126 valence electrons. The summed E-state index contributed by atoms with van der Waals surface area (Å²) in [5, 5.41) is 6.83. The zero-order chi connectivity index (χ0) is 15.6. The first-order valence-electron chi connectivity index (χ1n) is 9.34. The van der Waals surface area contributed by atoms with Crippen molar-refractivity contribution in [2.24, 2.45) is 17.3 Å². The predicted octanol–water partition coefficient (Wildman–Crippen LogP) is 2.00. The lowest BCUT2D eigenvalue weighted by atomic mass is 9.67. The maximum atomic E-state index is 12.9. The van der Waals surface area contributed by atoms with E-state index in [1.165, 1.54) is 45.2 Å². The average molecular weight is 307 g/mol. The van der Waals surface area contributed by atoms with Gasteiger partial charge in [-0.3, -0.25) is 4.79 Å². The van der Waals surface area contributed by atoms with Gasteiger partial charge in [-0.25, -0.2) is 0 Å². The van der Waals surface area contributed by atoms with Crippen LogP contribution in [0.15, 0.2) is 0 Å². The van der Waals surface area contributed by atoms with Gasteiger partial charge in [0.1, 0.15) is 0 Å². The Balaban J connectivity index is 1.54. The molecule has 3 aliphatic rings. The van der Waals surface area contributed by atoms with Crippen molar-refractivity contribution in [1.29, 1.82) is 0 Å². The molecule has 1 aliphatic carbocycles. The first-order chi connectivity index (χ1) is 10.6. The number of amides is 1. The molecule has 1 amide bonds. The number of piperidine rings is 1. The third kappa shape index (κ3) is 3.33. The summed E-state index contributed by atoms with van der Waals surface area (Å²) in [6.45, 7) is 9.82. The molecule has 2 unspecified atom stereocenters. The van der Waals surface area contributed by atoms with Crippen molar-refractivity contribution in [3.8, 4) is 0 Å². The number of likely N-dealkylation sites (tertiary alicyclic amines) is 1. The molecule has 22 heavy (non-hydrogen) atoms. The molecule has 2 heterocycles. The Hall–Kier alpha value is -0.610. The first kappa shape index (κ1) is 16.3. The van der Waals surface area contributed by atoms with Crippen LogP contribution in [0.4, 0.5) is 0 Å². The van der Waals surface area contributed by atoms with E-state index in [9.17, 15) is 4.79 Å². The van der Waals surface area contributed by atoms with Crippen LogP contribution in [0.5, 0.6) is 0 Å². The van der Waals surface area contributed by atoms with Gasteiger partial charge in [0.2, 0.25) is 5.91 Å². The Kier molecular flexibility index (Phi) is 5.08. The van der Waals surface area contributed by atoms with Crippen LogP contribution in [0.2, 0.25) is 0 Å². The third-order valence-corrected chi connectivity index (χ3v) is 6.14. The maximum Gasteiger partial charge on any atom is 0.228 e. The molecule has 2 aliphatic heterocycles. The van der Waals surface area contributed by atoms with E-state index in [1.54, 1.807) is 0 Å². The molecule has 4 atom stereocenters. The molecule has 0 aromatic carbocycles. The average Bonchev–Trinajstić information content (AvgIpc) is 2.92. The number of rotatable bonds is 4. The lowest BCUT2D eigenvalue weighted by Gasteiger charge is -2.39. The van der Waals surface area contributed by atoms with Crippen LogP contribution in [0, 0.1) is 17.3 Å². The number of nitrogens with zero attached hydrogens (tertiary/aromatic N) is 1. The van der Waals surface area contributed by atoms with Gasteiger partial charge >= 0.3 is 0 Å². The van der Waals surface area contributed by atoms with Crippen molar-refractivity contribution in [2.45, 2.75) is 58.4 Å². The summed E-state index contributed by atoms with van der Waals surface area (Å²) in [6, 6.07) is 0.260. The molecular formula is C18H33N3O. The fraction of sp³-hybridized carbons (Fsp3) is 0.944. The Morgan fingerprint density at radius 3 is 3.05 bits per heavy atom. The second-order valence-electron chi connectivity index (χ2n) is 8.11. The zero-order valence-electron chi connectivity index (χ0n) is 14.4. The van der Waals surface area contributed by atoms with E-state index < -0.39 is 0 Å². The lowest BCUT2D eigenvalue weighted by molar-refractivity contribution is -0.134. The fourth-order valence-corrected chi connectivity index (χ4v) is 4.94. The van der Waals surface area contributed by atoms with Gasteiger partial charge in [0.15, 0.2) is 0 Å². The van der Waals surface area contributed by atoms with Crippen LogP contribution in [0.25, 0.3) is 0 Å². The van der Waals surface area contributed by atoms with Gasteiger partial charge in [0, 0.05) is 25.7 Å². The maximum absolute atomic E-state index is 12.9. The summed E-state index contributed by atoms with van der Waals surface area (Å²) in [7, 11) is 0. The molecule has 1 saturated carbocycles. The van der Waals surface area contributed by atoms with Gasteiger partial charge < -0.3 is 15.5 Å². The number of nitrogens with one attached hydrogen (secondary N) is 2. The SMILES string of the molecule is CC1CCCN(CC(C)NC(=O)[C@@]23CCCC[C@H]2CNC3)C1. The summed E-state index contributed by atoms with van der Waals surface area (Å²) in [4.78, 5) is 15.5. The zero-order valence-corrected chi connectivity index (χ0v) is 14.4. The highest BCUT2D eigenvalue weighted by Crippen LogP contribution is 2.43. The molecule has 3 rings (SSSR count). The van der Waals surface area contributed by atoms with E-state index in [0.29, 0.717) is 11.8 Å². The quantitative estimate of drug-likeness (QED) is 0.835. The van der Waals surface area contributed by atoms with Gasteiger partial charge in [-0.2, -0.15) is 0 Å². The minimum absolute atomic E-state index is 0.109. The number of hydrogen-bond acceptors (Lipinski definition) is 3. The Labute approximate surface area is 135 Å². The molecule has 4 heteroatoms. The van der Waals surface area contributed by atoms with Crippen LogP contribution < -0.4 is 10.6 Å². The highest BCUT2D eigenvalue weighted by atomic mass is 16.2. The molecular weight excluding hydrogens is 274 g/mol. The smallest absolute Gasteiger partial charge is 0.228 e. The predicted molar refractivity (Wildman–Crippen MR) is 89.7 cm³/mol.